The summed E-state index contributed by atoms with van der Waals surface area (Å²) >= 11 is 0. The van der Waals surface area contributed by atoms with Gasteiger partial charge in [-0.2, -0.15) is 0 Å². The van der Waals surface area contributed by atoms with E-state index < -0.39 is 10.0 Å². The first-order valence-corrected chi connectivity index (χ1v) is 6.97. The lowest BCUT2D eigenvalue weighted by Crippen LogP contribution is -2.29. The summed E-state index contributed by atoms with van der Waals surface area (Å²) in [5.41, 5.74) is 1.53. The smallest absolute Gasteiger partial charge is 0.212 e. The van der Waals surface area contributed by atoms with Crippen molar-refractivity contribution in [2.75, 3.05) is 19.3 Å². The molecule has 1 aromatic rings. The average molecular weight is 260 g/mol. The van der Waals surface area contributed by atoms with Crippen LogP contribution >= 0.6 is 0 Å². The molecule has 96 valence electrons. The Morgan fingerprint density at radius 3 is 2.65 bits per heavy atom. The van der Waals surface area contributed by atoms with Gasteiger partial charge in [0.1, 0.15) is 5.82 Å². The Balaban J connectivity index is 2.39. The van der Waals surface area contributed by atoms with Gasteiger partial charge in [0.05, 0.1) is 5.75 Å². The van der Waals surface area contributed by atoms with Crippen molar-refractivity contribution in [2.24, 2.45) is 0 Å². The van der Waals surface area contributed by atoms with Crippen LogP contribution in [-0.2, 0) is 16.6 Å². The Labute approximate surface area is 101 Å². The van der Waals surface area contributed by atoms with Crippen LogP contribution in [0.25, 0.3) is 0 Å². The van der Waals surface area contributed by atoms with E-state index in [4.69, 9.17) is 0 Å². The van der Waals surface area contributed by atoms with Gasteiger partial charge >= 0.3 is 0 Å². The largest absolute Gasteiger partial charge is 0.312 e. The molecule has 0 aromatic heterocycles. The molecule has 0 aliphatic carbocycles. The molecule has 17 heavy (non-hydrogen) atoms. The number of sulfonamides is 1. The van der Waals surface area contributed by atoms with Gasteiger partial charge in [-0.05, 0) is 31.2 Å². The first kappa shape index (κ1) is 14.1. The molecular weight excluding hydrogens is 243 g/mol. The molecular formula is C11H17FN2O2S. The van der Waals surface area contributed by atoms with E-state index in [1.807, 2.05) is 0 Å². The Hall–Kier alpha value is -0.980. The molecule has 0 saturated carbocycles. The van der Waals surface area contributed by atoms with E-state index in [9.17, 15) is 12.8 Å². The van der Waals surface area contributed by atoms with Crippen molar-refractivity contribution in [1.82, 2.24) is 10.0 Å². The second-order valence-corrected chi connectivity index (χ2v) is 5.83. The van der Waals surface area contributed by atoms with Crippen LogP contribution in [0.1, 0.15) is 11.1 Å². The van der Waals surface area contributed by atoms with Crippen molar-refractivity contribution in [2.45, 2.75) is 13.5 Å². The summed E-state index contributed by atoms with van der Waals surface area (Å²) in [5.74, 6) is -0.199. The van der Waals surface area contributed by atoms with Crippen LogP contribution in [0, 0.1) is 12.7 Å². The maximum absolute atomic E-state index is 13.0. The molecule has 4 nitrogen and oxygen atoms in total. The van der Waals surface area contributed by atoms with Crippen LogP contribution < -0.4 is 10.0 Å². The van der Waals surface area contributed by atoms with Gasteiger partial charge in [-0.1, -0.05) is 12.1 Å². The average Bonchev–Trinajstić information content (AvgIpc) is 2.29. The molecule has 0 radical (unpaired) electrons. The Kier molecular flexibility index (Phi) is 5.04. The molecule has 0 amide bonds. The Morgan fingerprint density at radius 2 is 2.06 bits per heavy atom. The highest BCUT2D eigenvalue weighted by molar-refractivity contribution is 7.89. The number of rotatable bonds is 6. The Morgan fingerprint density at radius 1 is 1.35 bits per heavy atom. The van der Waals surface area contributed by atoms with Gasteiger partial charge in [0.15, 0.2) is 0 Å². The zero-order valence-electron chi connectivity index (χ0n) is 9.96. The standard InChI is InChI=1S/C11H17FN2O2S/c1-9-7-10(3-4-11(9)12)8-14-5-6-17(15,16)13-2/h3-4,7,13-14H,5-6,8H2,1-2H3. The van der Waals surface area contributed by atoms with Crippen molar-refractivity contribution in [3.63, 3.8) is 0 Å². The molecule has 2 N–H and O–H groups in total. The number of hydrogen-bond acceptors (Lipinski definition) is 3. The summed E-state index contributed by atoms with van der Waals surface area (Å²) in [6.45, 7) is 2.59. The van der Waals surface area contributed by atoms with Gasteiger partial charge in [0.25, 0.3) is 0 Å². The number of halogens is 1. The normalized spacial score (nSPS) is 11.7. The van der Waals surface area contributed by atoms with E-state index >= 15 is 0 Å². The zero-order valence-corrected chi connectivity index (χ0v) is 10.8. The first-order chi connectivity index (χ1) is 7.94. The maximum atomic E-state index is 13.0. The van der Waals surface area contributed by atoms with Crippen LogP contribution in [0.15, 0.2) is 18.2 Å². The maximum Gasteiger partial charge on any atom is 0.212 e. The molecule has 0 aliphatic heterocycles. The van der Waals surface area contributed by atoms with Gasteiger partial charge in [-0.3, -0.25) is 0 Å². The van der Waals surface area contributed by atoms with Crippen LogP contribution in [0.2, 0.25) is 0 Å². The minimum Gasteiger partial charge on any atom is -0.312 e. The second kappa shape index (κ2) is 6.09. The lowest BCUT2D eigenvalue weighted by atomic mass is 10.1. The zero-order chi connectivity index (χ0) is 12.9. The molecule has 0 unspecified atom stereocenters. The predicted molar refractivity (Wildman–Crippen MR) is 65.7 cm³/mol. The van der Waals surface area contributed by atoms with E-state index in [-0.39, 0.29) is 11.6 Å². The SMILES string of the molecule is CNS(=O)(=O)CCNCc1ccc(F)c(C)c1. The monoisotopic (exact) mass is 260 g/mol. The molecule has 0 bridgehead atoms. The van der Waals surface area contributed by atoms with E-state index in [2.05, 4.69) is 10.0 Å². The van der Waals surface area contributed by atoms with E-state index in [0.717, 1.165) is 5.56 Å². The third kappa shape index (κ3) is 4.80. The fourth-order valence-corrected chi connectivity index (χ4v) is 1.98. The molecule has 0 saturated heterocycles. The van der Waals surface area contributed by atoms with E-state index in [0.29, 0.717) is 18.7 Å². The lowest BCUT2D eigenvalue weighted by Gasteiger charge is -2.06. The summed E-state index contributed by atoms with van der Waals surface area (Å²) in [5, 5.41) is 3.00. The summed E-state index contributed by atoms with van der Waals surface area (Å²) < 4.78 is 37.4. The predicted octanol–water partition coefficient (Wildman–Crippen LogP) is 0.773. The van der Waals surface area contributed by atoms with E-state index in [1.165, 1.54) is 13.1 Å². The Bertz CT molecular complexity index is 474. The van der Waals surface area contributed by atoms with Crippen LogP contribution in [0.4, 0.5) is 4.39 Å². The highest BCUT2D eigenvalue weighted by Crippen LogP contribution is 2.08. The van der Waals surface area contributed by atoms with Gasteiger partial charge in [0, 0.05) is 13.1 Å². The van der Waals surface area contributed by atoms with Gasteiger partial charge in [-0.25, -0.2) is 17.5 Å². The fraction of sp³-hybridized carbons (Fsp3) is 0.455. The quantitative estimate of drug-likeness (QED) is 0.743. The third-order valence-electron chi connectivity index (χ3n) is 2.41. The minimum atomic E-state index is -3.16. The van der Waals surface area contributed by atoms with Crippen molar-refractivity contribution in [3.8, 4) is 0 Å². The minimum absolute atomic E-state index is 0.0314. The van der Waals surface area contributed by atoms with Crippen LogP contribution in [0.5, 0.6) is 0 Å². The fourth-order valence-electron chi connectivity index (χ4n) is 1.36. The molecule has 0 fully saturated rings. The topological polar surface area (TPSA) is 58.2 Å². The number of nitrogens with one attached hydrogen (secondary N) is 2. The van der Waals surface area contributed by atoms with Crippen molar-refractivity contribution in [3.05, 3.63) is 35.1 Å². The highest BCUT2D eigenvalue weighted by atomic mass is 32.2. The molecule has 6 heteroatoms. The molecule has 0 heterocycles. The van der Waals surface area contributed by atoms with Gasteiger partial charge < -0.3 is 5.32 Å². The summed E-state index contributed by atoms with van der Waals surface area (Å²) in [4.78, 5) is 0. The van der Waals surface area contributed by atoms with Crippen LogP contribution in [0.3, 0.4) is 0 Å². The van der Waals surface area contributed by atoms with E-state index in [1.54, 1.807) is 19.1 Å². The van der Waals surface area contributed by atoms with Gasteiger partial charge in [-0.15, -0.1) is 0 Å². The summed E-state index contributed by atoms with van der Waals surface area (Å²) in [6.07, 6.45) is 0. The summed E-state index contributed by atoms with van der Waals surface area (Å²) in [7, 11) is -1.77. The summed E-state index contributed by atoms with van der Waals surface area (Å²) in [6, 6.07) is 4.84. The molecule has 1 rings (SSSR count). The first-order valence-electron chi connectivity index (χ1n) is 5.31. The number of hydrogen-bond donors (Lipinski definition) is 2. The van der Waals surface area contributed by atoms with Gasteiger partial charge in [0.2, 0.25) is 10.0 Å². The third-order valence-corrected chi connectivity index (χ3v) is 3.77. The van der Waals surface area contributed by atoms with Crippen LogP contribution in [-0.4, -0.2) is 27.8 Å². The van der Waals surface area contributed by atoms with Crippen molar-refractivity contribution in [1.29, 1.82) is 0 Å². The molecule has 0 aliphatic rings. The lowest BCUT2D eigenvalue weighted by molar-refractivity contribution is 0.583. The molecule has 0 spiro atoms. The van der Waals surface area contributed by atoms with Crippen molar-refractivity contribution < 1.29 is 12.8 Å². The highest BCUT2D eigenvalue weighted by Gasteiger charge is 2.05. The second-order valence-electron chi connectivity index (χ2n) is 3.78. The number of aryl methyl sites for hydroxylation is 1. The number of benzene rings is 1. The molecule has 1 aromatic carbocycles. The van der Waals surface area contributed by atoms with Crippen molar-refractivity contribution >= 4 is 10.0 Å². The molecule has 0 atom stereocenters.